The maximum absolute atomic E-state index is 11.6. The smallest absolute Gasteiger partial charge is 0.322 e. The van der Waals surface area contributed by atoms with Crippen LogP contribution < -0.4 is 5.32 Å². The van der Waals surface area contributed by atoms with Crippen LogP contribution in [0.2, 0.25) is 0 Å². The molecule has 2 N–H and O–H groups in total. The molecule has 1 aromatic carbocycles. The molecule has 1 aliphatic carbocycles. The highest BCUT2D eigenvalue weighted by Crippen LogP contribution is 2.34. The Hall–Kier alpha value is -1.88. The van der Waals surface area contributed by atoms with Crippen LogP contribution in [0.15, 0.2) is 24.3 Å². The van der Waals surface area contributed by atoms with Crippen LogP contribution in [0.4, 0.5) is 0 Å². The van der Waals surface area contributed by atoms with Crippen molar-refractivity contribution in [1.29, 1.82) is 0 Å². The normalized spacial score (nSPS) is 17.3. The number of likely N-dealkylation sites (N-methyl/N-ethyl adjacent to an activating group) is 1. The van der Waals surface area contributed by atoms with Gasteiger partial charge in [-0.15, -0.1) is 0 Å². The summed E-state index contributed by atoms with van der Waals surface area (Å²) in [5, 5.41) is 10.9. The molecule has 19 heavy (non-hydrogen) atoms. The van der Waals surface area contributed by atoms with Crippen LogP contribution in [0.1, 0.15) is 23.6 Å². The Morgan fingerprint density at radius 1 is 1.42 bits per heavy atom. The fourth-order valence-corrected chi connectivity index (χ4v) is 2.56. The first-order chi connectivity index (χ1) is 9.08. The van der Waals surface area contributed by atoms with Crippen LogP contribution in [0.3, 0.4) is 0 Å². The highest BCUT2D eigenvalue weighted by Gasteiger charge is 2.26. The Balaban J connectivity index is 1.93. The second kappa shape index (κ2) is 5.84. The van der Waals surface area contributed by atoms with Crippen molar-refractivity contribution in [3.63, 3.8) is 0 Å². The van der Waals surface area contributed by atoms with Gasteiger partial charge in [0, 0.05) is 6.04 Å². The summed E-state index contributed by atoms with van der Waals surface area (Å²) in [7, 11) is 1.90. The molecule has 0 aromatic heterocycles. The van der Waals surface area contributed by atoms with Crippen molar-refractivity contribution < 1.29 is 14.7 Å². The Morgan fingerprint density at radius 2 is 2.16 bits per heavy atom. The molecule has 0 heterocycles. The molecular weight excluding hydrogens is 244 g/mol. The largest absolute Gasteiger partial charge is 0.480 e. The monoisotopic (exact) mass is 262 g/mol. The number of carboxylic acid groups (broad SMARTS) is 1. The number of aliphatic carboxylic acids is 1. The van der Waals surface area contributed by atoms with Crippen molar-refractivity contribution in [3.05, 3.63) is 35.4 Å². The lowest BCUT2D eigenvalue weighted by Gasteiger charge is -2.24. The van der Waals surface area contributed by atoms with E-state index in [1.807, 2.05) is 24.1 Å². The van der Waals surface area contributed by atoms with Gasteiger partial charge in [-0.05, 0) is 31.0 Å². The minimum atomic E-state index is -1.03. The maximum Gasteiger partial charge on any atom is 0.322 e. The second-order valence-electron chi connectivity index (χ2n) is 4.84. The molecule has 1 atom stereocenters. The van der Waals surface area contributed by atoms with Crippen LogP contribution in [-0.2, 0) is 16.0 Å². The summed E-state index contributed by atoms with van der Waals surface area (Å²) in [6.07, 6.45) is 2.03. The zero-order chi connectivity index (χ0) is 13.8. The van der Waals surface area contributed by atoms with E-state index in [1.165, 1.54) is 11.1 Å². The number of hydrogen-bond donors (Lipinski definition) is 2. The molecule has 0 radical (unpaired) electrons. The topological polar surface area (TPSA) is 69.6 Å². The molecule has 0 aliphatic heterocycles. The number of carboxylic acids is 1. The molecular formula is C14H18N2O3. The lowest BCUT2D eigenvalue weighted by molar-refractivity contribution is -0.138. The van der Waals surface area contributed by atoms with Gasteiger partial charge in [0.15, 0.2) is 0 Å². The number of benzene rings is 1. The van der Waals surface area contributed by atoms with Gasteiger partial charge in [-0.25, -0.2) is 0 Å². The minimum absolute atomic E-state index is 0.215. The average molecular weight is 262 g/mol. The summed E-state index contributed by atoms with van der Waals surface area (Å²) in [5.74, 6) is -1.28. The molecule has 0 saturated carbocycles. The van der Waals surface area contributed by atoms with Crippen molar-refractivity contribution in [2.45, 2.75) is 18.9 Å². The van der Waals surface area contributed by atoms with Crippen molar-refractivity contribution in [2.75, 3.05) is 20.1 Å². The summed E-state index contributed by atoms with van der Waals surface area (Å²) in [6, 6.07) is 8.49. The Bertz CT molecular complexity index is 487. The van der Waals surface area contributed by atoms with E-state index in [1.54, 1.807) is 0 Å². The van der Waals surface area contributed by atoms with Gasteiger partial charge in [0.05, 0.1) is 6.54 Å². The number of carbonyl (C=O) groups excluding carboxylic acids is 1. The molecule has 2 rings (SSSR count). The number of hydrogen-bond acceptors (Lipinski definition) is 3. The van der Waals surface area contributed by atoms with E-state index in [0.29, 0.717) is 0 Å². The van der Waals surface area contributed by atoms with Crippen molar-refractivity contribution in [2.24, 2.45) is 0 Å². The first-order valence-electron chi connectivity index (χ1n) is 6.34. The van der Waals surface area contributed by atoms with E-state index in [9.17, 15) is 9.59 Å². The predicted molar refractivity (Wildman–Crippen MR) is 70.8 cm³/mol. The first-order valence-corrected chi connectivity index (χ1v) is 6.34. The van der Waals surface area contributed by atoms with Gasteiger partial charge in [0.2, 0.25) is 5.91 Å². The van der Waals surface area contributed by atoms with Gasteiger partial charge < -0.3 is 10.4 Å². The van der Waals surface area contributed by atoms with Crippen LogP contribution in [0.25, 0.3) is 0 Å². The third kappa shape index (κ3) is 3.32. The summed E-state index contributed by atoms with van der Waals surface area (Å²) >= 11 is 0. The van der Waals surface area contributed by atoms with Gasteiger partial charge in [-0.2, -0.15) is 0 Å². The SMILES string of the molecule is CN(CC(=O)NCC(=O)O)C1CCc2ccccc21. The van der Waals surface area contributed by atoms with E-state index in [4.69, 9.17) is 5.11 Å². The molecule has 0 fully saturated rings. The predicted octanol–water partition coefficient (Wildman–Crippen LogP) is 0.807. The van der Waals surface area contributed by atoms with Gasteiger partial charge >= 0.3 is 5.97 Å². The van der Waals surface area contributed by atoms with Gasteiger partial charge in [-0.3, -0.25) is 14.5 Å². The summed E-state index contributed by atoms with van der Waals surface area (Å²) in [4.78, 5) is 24.0. The van der Waals surface area contributed by atoms with Gasteiger partial charge in [0.25, 0.3) is 0 Å². The summed E-state index contributed by atoms with van der Waals surface area (Å²) < 4.78 is 0. The van der Waals surface area contributed by atoms with Crippen molar-refractivity contribution >= 4 is 11.9 Å². The van der Waals surface area contributed by atoms with Gasteiger partial charge in [-0.1, -0.05) is 24.3 Å². The zero-order valence-electron chi connectivity index (χ0n) is 10.9. The minimum Gasteiger partial charge on any atom is -0.480 e. The lowest BCUT2D eigenvalue weighted by atomic mass is 10.1. The zero-order valence-corrected chi connectivity index (χ0v) is 10.9. The number of fused-ring (bicyclic) bond motifs is 1. The standard InChI is InChI=1S/C14H18N2O3/c1-16(9-13(17)15-8-14(18)19)12-7-6-10-4-2-3-5-11(10)12/h2-5,12H,6-9H2,1H3,(H,15,17)(H,18,19). The number of aryl methyl sites for hydroxylation is 1. The number of nitrogens with zero attached hydrogens (tertiary/aromatic N) is 1. The van der Waals surface area contributed by atoms with Crippen molar-refractivity contribution in [3.8, 4) is 0 Å². The fraction of sp³-hybridized carbons (Fsp3) is 0.429. The van der Waals surface area contributed by atoms with Crippen molar-refractivity contribution in [1.82, 2.24) is 10.2 Å². The van der Waals surface area contributed by atoms with E-state index in [2.05, 4.69) is 17.4 Å². The molecule has 1 aromatic rings. The Morgan fingerprint density at radius 3 is 2.89 bits per heavy atom. The molecule has 0 saturated heterocycles. The highest BCUT2D eigenvalue weighted by molar-refractivity contribution is 5.82. The molecule has 5 nitrogen and oxygen atoms in total. The number of rotatable bonds is 5. The van der Waals surface area contributed by atoms with Gasteiger partial charge in [0.1, 0.15) is 6.54 Å². The Kier molecular flexibility index (Phi) is 4.16. The second-order valence-corrected chi connectivity index (χ2v) is 4.84. The summed E-state index contributed by atoms with van der Waals surface area (Å²) in [5.41, 5.74) is 2.61. The molecule has 1 aliphatic rings. The number of amides is 1. The van der Waals surface area contributed by atoms with Crippen LogP contribution in [0, 0.1) is 0 Å². The van der Waals surface area contributed by atoms with E-state index < -0.39 is 5.97 Å². The first kappa shape index (κ1) is 13.5. The third-order valence-corrected chi connectivity index (χ3v) is 3.46. The van der Waals surface area contributed by atoms with E-state index in [0.717, 1.165) is 12.8 Å². The van der Waals surface area contributed by atoms with Crippen LogP contribution >= 0.6 is 0 Å². The average Bonchev–Trinajstić information content (AvgIpc) is 2.80. The van der Waals surface area contributed by atoms with E-state index in [-0.39, 0.29) is 25.0 Å². The van der Waals surface area contributed by atoms with E-state index >= 15 is 0 Å². The molecule has 5 heteroatoms. The summed E-state index contributed by atoms with van der Waals surface area (Å²) in [6.45, 7) is -0.111. The molecule has 1 amide bonds. The number of carbonyl (C=O) groups is 2. The highest BCUT2D eigenvalue weighted by atomic mass is 16.4. The molecule has 0 bridgehead atoms. The molecule has 1 unspecified atom stereocenters. The lowest BCUT2D eigenvalue weighted by Crippen LogP contribution is -2.38. The van der Waals surface area contributed by atoms with Crippen LogP contribution in [-0.4, -0.2) is 42.0 Å². The molecule has 0 spiro atoms. The third-order valence-electron chi connectivity index (χ3n) is 3.46. The fourth-order valence-electron chi connectivity index (χ4n) is 2.56. The maximum atomic E-state index is 11.6. The number of nitrogens with one attached hydrogen (secondary N) is 1. The quantitative estimate of drug-likeness (QED) is 0.823. The molecule has 102 valence electrons. The van der Waals surface area contributed by atoms with Crippen LogP contribution in [0.5, 0.6) is 0 Å². The Labute approximate surface area is 112 Å².